The van der Waals surface area contributed by atoms with Gasteiger partial charge in [0.15, 0.2) is 0 Å². The Morgan fingerprint density at radius 1 is 1.25 bits per heavy atom. The molecule has 20 heavy (non-hydrogen) atoms. The Hall–Kier alpha value is -1.23. The third-order valence-electron chi connectivity index (χ3n) is 3.19. The van der Waals surface area contributed by atoms with E-state index in [0.29, 0.717) is 18.2 Å². The van der Waals surface area contributed by atoms with Crippen LogP contribution in [0.5, 0.6) is 5.75 Å². The third kappa shape index (κ3) is 5.04. The molecule has 0 aromatic heterocycles. The number of alkyl halides is 3. The molecule has 1 aromatic rings. The maximum atomic E-state index is 12.6. The van der Waals surface area contributed by atoms with Crippen LogP contribution in [0, 0.1) is 0 Å². The smallest absolute Gasteiger partial charge is 0.390 e. The van der Waals surface area contributed by atoms with Crippen LogP contribution in [0.2, 0.25) is 0 Å². The number of benzene rings is 1. The van der Waals surface area contributed by atoms with Crippen LogP contribution >= 0.6 is 0 Å². The van der Waals surface area contributed by atoms with Gasteiger partial charge in [-0.15, -0.1) is 0 Å². The van der Waals surface area contributed by atoms with E-state index in [1.165, 1.54) is 0 Å². The van der Waals surface area contributed by atoms with Crippen molar-refractivity contribution in [3.05, 3.63) is 29.8 Å². The standard InChI is InChI=1S/C15H20F3NO/c1-2-9-19-14(10-15(16,17)18)11-3-5-12(6-4-11)20-13-7-8-13/h3-6,13-14,19H,2,7-10H2,1H3. The molecule has 1 aliphatic rings. The summed E-state index contributed by atoms with van der Waals surface area (Å²) >= 11 is 0. The molecular formula is C15H20F3NO. The van der Waals surface area contributed by atoms with Gasteiger partial charge in [-0.1, -0.05) is 19.1 Å². The third-order valence-corrected chi connectivity index (χ3v) is 3.19. The van der Waals surface area contributed by atoms with Crippen molar-refractivity contribution >= 4 is 0 Å². The van der Waals surface area contributed by atoms with Crippen molar-refractivity contribution in [2.45, 2.75) is 50.9 Å². The molecule has 2 nitrogen and oxygen atoms in total. The van der Waals surface area contributed by atoms with E-state index in [4.69, 9.17) is 4.74 Å². The van der Waals surface area contributed by atoms with Crippen LogP contribution < -0.4 is 10.1 Å². The van der Waals surface area contributed by atoms with Crippen LogP contribution in [0.3, 0.4) is 0 Å². The highest BCUT2D eigenvalue weighted by molar-refractivity contribution is 5.29. The van der Waals surface area contributed by atoms with E-state index in [2.05, 4.69) is 5.32 Å². The molecule has 0 aliphatic heterocycles. The number of hydrogen-bond acceptors (Lipinski definition) is 2. The van der Waals surface area contributed by atoms with Gasteiger partial charge in [-0.25, -0.2) is 0 Å². The average Bonchev–Trinajstić information content (AvgIpc) is 3.18. The number of hydrogen-bond donors (Lipinski definition) is 1. The molecule has 2 rings (SSSR count). The molecule has 1 saturated carbocycles. The molecule has 0 radical (unpaired) electrons. The Kier molecular flexibility index (Phi) is 4.91. The van der Waals surface area contributed by atoms with Gasteiger partial charge >= 0.3 is 6.18 Å². The molecule has 1 fully saturated rings. The minimum absolute atomic E-state index is 0.296. The van der Waals surface area contributed by atoms with Gasteiger partial charge in [0.2, 0.25) is 0 Å². The predicted octanol–water partition coefficient (Wildman–Crippen LogP) is 4.22. The quantitative estimate of drug-likeness (QED) is 0.810. The SMILES string of the molecule is CCCNC(CC(F)(F)F)c1ccc(OC2CC2)cc1. The summed E-state index contributed by atoms with van der Waals surface area (Å²) in [5, 5.41) is 2.95. The molecule has 1 unspecified atom stereocenters. The van der Waals surface area contributed by atoms with E-state index in [0.717, 1.165) is 25.0 Å². The highest BCUT2D eigenvalue weighted by Crippen LogP contribution is 2.31. The van der Waals surface area contributed by atoms with Crippen molar-refractivity contribution in [3.8, 4) is 5.75 Å². The van der Waals surface area contributed by atoms with Crippen LogP contribution in [-0.4, -0.2) is 18.8 Å². The molecule has 1 N–H and O–H groups in total. The van der Waals surface area contributed by atoms with Crippen LogP contribution in [-0.2, 0) is 0 Å². The molecule has 1 atom stereocenters. The lowest BCUT2D eigenvalue weighted by Crippen LogP contribution is -2.27. The molecule has 0 bridgehead atoms. The first kappa shape index (κ1) is 15.2. The monoisotopic (exact) mass is 287 g/mol. The van der Waals surface area contributed by atoms with Crippen molar-refractivity contribution in [1.82, 2.24) is 5.32 Å². The van der Waals surface area contributed by atoms with Crippen molar-refractivity contribution in [3.63, 3.8) is 0 Å². The first-order chi connectivity index (χ1) is 9.48. The summed E-state index contributed by atoms with van der Waals surface area (Å²) in [5.41, 5.74) is 0.652. The summed E-state index contributed by atoms with van der Waals surface area (Å²) in [4.78, 5) is 0. The van der Waals surface area contributed by atoms with Crippen molar-refractivity contribution < 1.29 is 17.9 Å². The molecule has 5 heteroatoms. The fraction of sp³-hybridized carbons (Fsp3) is 0.600. The average molecular weight is 287 g/mol. The molecule has 1 aliphatic carbocycles. The lowest BCUT2D eigenvalue weighted by molar-refractivity contribution is -0.140. The van der Waals surface area contributed by atoms with Gasteiger partial charge in [-0.3, -0.25) is 0 Å². The Bertz CT molecular complexity index is 412. The van der Waals surface area contributed by atoms with Gasteiger partial charge in [0.25, 0.3) is 0 Å². The second-order valence-electron chi connectivity index (χ2n) is 5.21. The molecule has 0 spiro atoms. The fourth-order valence-corrected chi connectivity index (χ4v) is 2.01. The van der Waals surface area contributed by atoms with E-state index < -0.39 is 18.6 Å². The van der Waals surface area contributed by atoms with Gasteiger partial charge in [-0.2, -0.15) is 13.2 Å². The molecule has 0 heterocycles. The van der Waals surface area contributed by atoms with Gasteiger partial charge in [-0.05, 0) is 43.5 Å². The lowest BCUT2D eigenvalue weighted by atomic mass is 10.0. The maximum Gasteiger partial charge on any atom is 0.390 e. The van der Waals surface area contributed by atoms with Crippen LogP contribution in [0.1, 0.15) is 44.2 Å². The first-order valence-corrected chi connectivity index (χ1v) is 7.04. The zero-order chi connectivity index (χ0) is 14.6. The summed E-state index contributed by atoms with van der Waals surface area (Å²) in [6.07, 6.45) is -1.79. The first-order valence-electron chi connectivity index (χ1n) is 7.04. The Labute approximate surface area is 117 Å². The second kappa shape index (κ2) is 6.48. The molecule has 0 amide bonds. The molecule has 0 saturated heterocycles. The summed E-state index contributed by atoms with van der Waals surface area (Å²) in [7, 11) is 0. The normalized spacial score (nSPS) is 17.0. The summed E-state index contributed by atoms with van der Waals surface area (Å²) < 4.78 is 43.4. The molecule has 112 valence electrons. The van der Waals surface area contributed by atoms with E-state index in [9.17, 15) is 13.2 Å². The maximum absolute atomic E-state index is 12.6. The summed E-state index contributed by atoms with van der Waals surface area (Å²) in [5.74, 6) is 0.734. The van der Waals surface area contributed by atoms with Gasteiger partial charge in [0, 0.05) is 6.04 Å². The molecular weight excluding hydrogens is 267 g/mol. The lowest BCUT2D eigenvalue weighted by Gasteiger charge is -2.21. The summed E-state index contributed by atoms with van der Waals surface area (Å²) in [6, 6.07) is 6.26. The number of nitrogens with one attached hydrogen (secondary N) is 1. The predicted molar refractivity (Wildman–Crippen MR) is 71.8 cm³/mol. The Morgan fingerprint density at radius 2 is 1.90 bits per heavy atom. The van der Waals surface area contributed by atoms with E-state index in [1.807, 2.05) is 6.92 Å². The summed E-state index contributed by atoms with van der Waals surface area (Å²) in [6.45, 7) is 2.51. The van der Waals surface area contributed by atoms with Gasteiger partial charge in [0.05, 0.1) is 12.5 Å². The highest BCUT2D eigenvalue weighted by Gasteiger charge is 2.32. The number of ether oxygens (including phenoxy) is 1. The Morgan fingerprint density at radius 3 is 2.40 bits per heavy atom. The van der Waals surface area contributed by atoms with Crippen molar-refractivity contribution in [1.29, 1.82) is 0 Å². The number of rotatable bonds is 7. The van der Waals surface area contributed by atoms with Crippen LogP contribution in [0.4, 0.5) is 13.2 Å². The minimum atomic E-state index is -4.17. The number of halogens is 3. The van der Waals surface area contributed by atoms with Crippen molar-refractivity contribution in [2.75, 3.05) is 6.54 Å². The van der Waals surface area contributed by atoms with Crippen LogP contribution in [0.25, 0.3) is 0 Å². The van der Waals surface area contributed by atoms with Gasteiger partial charge < -0.3 is 10.1 Å². The minimum Gasteiger partial charge on any atom is -0.490 e. The van der Waals surface area contributed by atoms with E-state index >= 15 is 0 Å². The van der Waals surface area contributed by atoms with Crippen LogP contribution in [0.15, 0.2) is 24.3 Å². The zero-order valence-corrected chi connectivity index (χ0v) is 11.5. The van der Waals surface area contributed by atoms with E-state index in [1.54, 1.807) is 24.3 Å². The zero-order valence-electron chi connectivity index (χ0n) is 11.5. The largest absolute Gasteiger partial charge is 0.490 e. The second-order valence-corrected chi connectivity index (χ2v) is 5.21. The van der Waals surface area contributed by atoms with Gasteiger partial charge in [0.1, 0.15) is 5.75 Å². The fourth-order valence-electron chi connectivity index (χ4n) is 2.01. The van der Waals surface area contributed by atoms with E-state index in [-0.39, 0.29) is 0 Å². The molecule has 1 aromatic carbocycles. The Balaban J connectivity index is 2.02. The topological polar surface area (TPSA) is 21.3 Å². The van der Waals surface area contributed by atoms with Crippen molar-refractivity contribution in [2.24, 2.45) is 0 Å². The highest BCUT2D eigenvalue weighted by atomic mass is 19.4.